The van der Waals surface area contributed by atoms with Crippen LogP contribution in [0, 0.1) is 0 Å². The summed E-state index contributed by atoms with van der Waals surface area (Å²) in [5.41, 5.74) is 0.939. The Morgan fingerprint density at radius 2 is 2.08 bits per heavy atom. The molecular weight excluding hydrogens is 420 g/mol. The molecule has 0 aliphatic rings. The molecule has 1 unspecified atom stereocenters. The zero-order chi connectivity index (χ0) is 18.5. The van der Waals surface area contributed by atoms with Crippen molar-refractivity contribution in [1.29, 1.82) is 0 Å². The van der Waals surface area contributed by atoms with Crippen LogP contribution in [0.2, 0.25) is 0 Å². The van der Waals surface area contributed by atoms with E-state index in [0.717, 1.165) is 14.9 Å². The van der Waals surface area contributed by atoms with Gasteiger partial charge < -0.3 is 14.6 Å². The number of hydrogen-bond donors (Lipinski definition) is 1. The van der Waals surface area contributed by atoms with E-state index >= 15 is 0 Å². The summed E-state index contributed by atoms with van der Waals surface area (Å²) >= 11 is 4.86. The predicted octanol–water partition coefficient (Wildman–Crippen LogP) is 4.20. The van der Waals surface area contributed by atoms with Gasteiger partial charge >= 0.3 is 5.97 Å². The number of carbonyl (C=O) groups is 2. The lowest BCUT2D eigenvalue weighted by atomic mass is 10.0. The summed E-state index contributed by atoms with van der Waals surface area (Å²) < 4.78 is 10.9. The maximum Gasteiger partial charge on any atom is 0.307 e. The molecule has 0 saturated carbocycles. The quantitative estimate of drug-likeness (QED) is 0.587. The van der Waals surface area contributed by atoms with Crippen molar-refractivity contribution in [2.45, 2.75) is 12.5 Å². The third-order valence-electron chi connectivity index (χ3n) is 3.68. The van der Waals surface area contributed by atoms with Crippen molar-refractivity contribution >= 4 is 39.1 Å². The molecule has 1 N–H and O–H groups in total. The minimum Gasteiger partial charge on any atom is -0.469 e. The number of aromatic nitrogens is 1. The molecule has 0 saturated heterocycles. The third-order valence-corrected chi connectivity index (χ3v) is 5.10. The number of rotatable bonds is 6. The molecule has 134 valence electrons. The van der Waals surface area contributed by atoms with Gasteiger partial charge in [0.2, 0.25) is 0 Å². The number of nitrogens with one attached hydrogen (secondary N) is 1. The van der Waals surface area contributed by atoms with Crippen LogP contribution in [0.1, 0.15) is 28.5 Å². The lowest BCUT2D eigenvalue weighted by molar-refractivity contribution is -0.141. The van der Waals surface area contributed by atoms with Crippen LogP contribution in [-0.4, -0.2) is 24.1 Å². The highest BCUT2D eigenvalue weighted by molar-refractivity contribution is 9.10. The van der Waals surface area contributed by atoms with Crippen LogP contribution in [0.4, 0.5) is 0 Å². The van der Waals surface area contributed by atoms with Gasteiger partial charge in [-0.2, -0.15) is 0 Å². The number of hydrogen-bond acceptors (Lipinski definition) is 6. The van der Waals surface area contributed by atoms with Gasteiger partial charge in [0.05, 0.1) is 24.4 Å². The molecule has 1 aromatic carbocycles. The molecule has 2 aromatic heterocycles. The molecule has 0 radical (unpaired) electrons. The van der Waals surface area contributed by atoms with Gasteiger partial charge in [-0.05, 0) is 29.1 Å². The van der Waals surface area contributed by atoms with Crippen molar-refractivity contribution in [2.75, 3.05) is 7.11 Å². The SMILES string of the molecule is COC(=O)CC(NC(=O)c1cc(-c2cccs2)on1)c1ccc(Br)cc1. The van der Waals surface area contributed by atoms with E-state index in [4.69, 9.17) is 9.26 Å². The monoisotopic (exact) mass is 434 g/mol. The van der Waals surface area contributed by atoms with Crippen LogP contribution in [-0.2, 0) is 9.53 Å². The van der Waals surface area contributed by atoms with Gasteiger partial charge in [0, 0.05) is 10.5 Å². The molecule has 1 amide bonds. The topological polar surface area (TPSA) is 81.4 Å². The Balaban J connectivity index is 1.78. The van der Waals surface area contributed by atoms with Gasteiger partial charge in [-0.25, -0.2) is 0 Å². The van der Waals surface area contributed by atoms with Gasteiger partial charge in [0.15, 0.2) is 11.5 Å². The number of carbonyl (C=O) groups excluding carboxylic acids is 2. The molecular formula is C18H15BrN2O4S. The number of esters is 1. The van der Waals surface area contributed by atoms with Crippen LogP contribution in [0.15, 0.2) is 56.8 Å². The maximum absolute atomic E-state index is 12.6. The van der Waals surface area contributed by atoms with Crippen molar-refractivity contribution in [1.82, 2.24) is 10.5 Å². The maximum atomic E-state index is 12.6. The first kappa shape index (κ1) is 18.3. The minimum atomic E-state index is -0.537. The second-order valence-corrected chi connectivity index (χ2v) is 7.27. The molecule has 0 bridgehead atoms. The van der Waals surface area contributed by atoms with E-state index in [1.165, 1.54) is 18.4 Å². The van der Waals surface area contributed by atoms with Crippen molar-refractivity contribution in [2.24, 2.45) is 0 Å². The third kappa shape index (κ3) is 4.39. The summed E-state index contributed by atoms with van der Waals surface area (Å²) in [6, 6.07) is 12.2. The van der Waals surface area contributed by atoms with Gasteiger partial charge in [-0.3, -0.25) is 9.59 Å². The van der Waals surface area contributed by atoms with Gasteiger partial charge in [0.1, 0.15) is 0 Å². The second kappa shape index (κ2) is 8.29. The normalized spacial score (nSPS) is 11.8. The summed E-state index contributed by atoms with van der Waals surface area (Å²) in [7, 11) is 1.31. The average molecular weight is 435 g/mol. The second-order valence-electron chi connectivity index (χ2n) is 5.41. The van der Waals surface area contributed by atoms with Crippen molar-refractivity contribution in [3.63, 3.8) is 0 Å². The van der Waals surface area contributed by atoms with Crippen molar-refractivity contribution in [3.8, 4) is 10.6 Å². The molecule has 0 aliphatic heterocycles. The van der Waals surface area contributed by atoms with E-state index in [9.17, 15) is 9.59 Å². The summed E-state index contributed by atoms with van der Waals surface area (Å²) in [6.45, 7) is 0. The number of amides is 1. The molecule has 0 spiro atoms. The van der Waals surface area contributed by atoms with Gasteiger partial charge in [-0.1, -0.05) is 39.3 Å². The van der Waals surface area contributed by atoms with Crippen LogP contribution >= 0.6 is 27.3 Å². The predicted molar refractivity (Wildman–Crippen MR) is 101 cm³/mol. The van der Waals surface area contributed by atoms with Crippen molar-refractivity contribution < 1.29 is 18.8 Å². The summed E-state index contributed by atoms with van der Waals surface area (Å²) in [5.74, 6) is -0.315. The number of halogens is 1. The fourth-order valence-corrected chi connectivity index (χ4v) is 3.28. The first-order valence-corrected chi connectivity index (χ1v) is 9.38. The van der Waals surface area contributed by atoms with Crippen molar-refractivity contribution in [3.05, 3.63) is 63.6 Å². The molecule has 0 aliphatic carbocycles. The van der Waals surface area contributed by atoms with Crippen LogP contribution in [0.25, 0.3) is 10.6 Å². The van der Waals surface area contributed by atoms with Crippen LogP contribution in [0.5, 0.6) is 0 Å². The Kier molecular flexibility index (Phi) is 5.85. The number of nitrogens with zero attached hydrogens (tertiary/aromatic N) is 1. The van der Waals surface area contributed by atoms with E-state index in [1.54, 1.807) is 6.07 Å². The zero-order valence-electron chi connectivity index (χ0n) is 13.8. The molecule has 3 rings (SSSR count). The number of thiophene rings is 1. The Labute approximate surface area is 162 Å². The van der Waals surface area contributed by atoms with E-state index in [0.29, 0.717) is 5.76 Å². The summed E-state index contributed by atoms with van der Waals surface area (Å²) in [5, 5.41) is 8.56. The summed E-state index contributed by atoms with van der Waals surface area (Å²) in [6.07, 6.45) is 0.0134. The van der Waals surface area contributed by atoms with E-state index in [2.05, 4.69) is 26.4 Å². The number of ether oxygens (including phenoxy) is 1. The largest absolute Gasteiger partial charge is 0.469 e. The molecule has 8 heteroatoms. The number of benzene rings is 1. The van der Waals surface area contributed by atoms with Gasteiger partial charge in [-0.15, -0.1) is 11.3 Å². The van der Waals surface area contributed by atoms with E-state index < -0.39 is 17.9 Å². The molecule has 0 fully saturated rings. The standard InChI is InChI=1S/C18H15BrN2O4S/c1-24-17(22)10-13(11-4-6-12(19)7-5-11)20-18(23)14-9-15(25-21-14)16-3-2-8-26-16/h2-9,13H,10H2,1H3,(H,20,23). The highest BCUT2D eigenvalue weighted by Crippen LogP contribution is 2.26. The van der Waals surface area contributed by atoms with Crippen LogP contribution < -0.4 is 5.32 Å². The highest BCUT2D eigenvalue weighted by atomic mass is 79.9. The lowest BCUT2D eigenvalue weighted by Crippen LogP contribution is -2.30. The number of methoxy groups -OCH3 is 1. The Morgan fingerprint density at radius 1 is 1.31 bits per heavy atom. The summed E-state index contributed by atoms with van der Waals surface area (Å²) in [4.78, 5) is 25.2. The highest BCUT2D eigenvalue weighted by Gasteiger charge is 2.22. The van der Waals surface area contributed by atoms with Crippen LogP contribution in [0.3, 0.4) is 0 Å². The fourth-order valence-electron chi connectivity index (χ4n) is 2.35. The zero-order valence-corrected chi connectivity index (χ0v) is 16.2. The Bertz CT molecular complexity index is 890. The first-order chi connectivity index (χ1) is 12.6. The molecule has 1 atom stereocenters. The van der Waals surface area contributed by atoms with Gasteiger partial charge in [0.25, 0.3) is 5.91 Å². The Morgan fingerprint density at radius 3 is 2.73 bits per heavy atom. The molecule has 26 heavy (non-hydrogen) atoms. The Hall–Kier alpha value is -2.45. The molecule has 3 aromatic rings. The lowest BCUT2D eigenvalue weighted by Gasteiger charge is -2.17. The average Bonchev–Trinajstić information content (AvgIpc) is 3.33. The first-order valence-electron chi connectivity index (χ1n) is 7.70. The smallest absolute Gasteiger partial charge is 0.307 e. The van der Waals surface area contributed by atoms with E-state index in [-0.39, 0.29) is 12.1 Å². The molecule has 2 heterocycles. The molecule has 6 nitrogen and oxygen atoms in total. The fraction of sp³-hybridized carbons (Fsp3) is 0.167. The minimum absolute atomic E-state index is 0.0134. The van der Waals surface area contributed by atoms with E-state index in [1.807, 2.05) is 41.8 Å².